The number of nitrogens with one attached hydrogen (secondary N) is 2. The molecule has 1 saturated heterocycles. The maximum Gasteiger partial charge on any atom is 0.317 e. The summed E-state index contributed by atoms with van der Waals surface area (Å²) in [6, 6.07) is 4.20. The van der Waals surface area contributed by atoms with Gasteiger partial charge in [0, 0.05) is 25.2 Å². The average molecular weight is 351 g/mol. The van der Waals surface area contributed by atoms with Crippen LogP contribution in [0.15, 0.2) is 18.2 Å². The Morgan fingerprint density at radius 3 is 2.24 bits per heavy atom. The molecule has 0 bridgehead atoms. The van der Waals surface area contributed by atoms with Crippen LogP contribution in [0.3, 0.4) is 0 Å². The van der Waals surface area contributed by atoms with E-state index in [1.807, 2.05) is 11.9 Å². The van der Waals surface area contributed by atoms with Crippen molar-refractivity contribution in [2.75, 3.05) is 20.1 Å². The smallest absolute Gasteiger partial charge is 0.317 e. The third-order valence-corrected chi connectivity index (χ3v) is 5.59. The molecule has 25 heavy (non-hydrogen) atoms. The fraction of sp³-hybridized carbons (Fsp3) is 0.632. The van der Waals surface area contributed by atoms with Crippen LogP contribution in [-0.2, 0) is 0 Å². The first kappa shape index (κ1) is 18.1. The molecule has 2 aliphatic rings. The van der Waals surface area contributed by atoms with Gasteiger partial charge in [0.05, 0.1) is 0 Å². The highest BCUT2D eigenvalue weighted by Crippen LogP contribution is 2.33. The molecule has 1 aliphatic heterocycles. The maximum absolute atomic E-state index is 13.4. The Balaban J connectivity index is 1.49. The molecule has 1 heterocycles. The third kappa shape index (κ3) is 4.69. The Morgan fingerprint density at radius 1 is 1.04 bits per heavy atom. The summed E-state index contributed by atoms with van der Waals surface area (Å²) in [5, 5.41) is 6.44. The number of rotatable bonds is 3. The highest BCUT2D eigenvalue weighted by molar-refractivity contribution is 5.74. The van der Waals surface area contributed by atoms with Crippen molar-refractivity contribution in [1.29, 1.82) is 0 Å². The molecule has 1 aliphatic carbocycles. The van der Waals surface area contributed by atoms with Crippen molar-refractivity contribution >= 4 is 6.03 Å². The molecule has 4 nitrogen and oxygen atoms in total. The third-order valence-electron chi connectivity index (χ3n) is 5.59. The first-order chi connectivity index (χ1) is 12.0. The highest BCUT2D eigenvalue weighted by Gasteiger charge is 2.27. The molecule has 2 amide bonds. The van der Waals surface area contributed by atoms with Crippen molar-refractivity contribution in [3.63, 3.8) is 0 Å². The Bertz CT molecular complexity index is 576. The van der Waals surface area contributed by atoms with Crippen LogP contribution in [0.25, 0.3) is 0 Å². The molecule has 1 aromatic rings. The van der Waals surface area contributed by atoms with Gasteiger partial charge in [-0.25, -0.2) is 13.6 Å². The van der Waals surface area contributed by atoms with E-state index in [-0.39, 0.29) is 18.0 Å². The lowest BCUT2D eigenvalue weighted by Crippen LogP contribution is -2.50. The summed E-state index contributed by atoms with van der Waals surface area (Å²) in [5.41, 5.74) is 0.731. The van der Waals surface area contributed by atoms with E-state index in [0.29, 0.717) is 6.04 Å². The van der Waals surface area contributed by atoms with Crippen LogP contribution in [0, 0.1) is 11.6 Å². The summed E-state index contributed by atoms with van der Waals surface area (Å²) < 4.78 is 26.8. The summed E-state index contributed by atoms with van der Waals surface area (Å²) in [6.45, 7) is 1.91. The van der Waals surface area contributed by atoms with E-state index in [2.05, 4.69) is 10.6 Å². The molecule has 138 valence electrons. The molecular formula is C19H27F2N3O. The number of carbonyl (C=O) groups excluding carboxylic acids is 1. The lowest BCUT2D eigenvalue weighted by atomic mass is 9.81. The Labute approximate surface area is 148 Å². The first-order valence-corrected chi connectivity index (χ1v) is 9.23. The van der Waals surface area contributed by atoms with Crippen molar-refractivity contribution in [3.8, 4) is 0 Å². The van der Waals surface area contributed by atoms with Crippen LogP contribution in [0.4, 0.5) is 13.6 Å². The predicted molar refractivity (Wildman–Crippen MR) is 93.5 cm³/mol. The lowest BCUT2D eigenvalue weighted by Gasteiger charge is -2.35. The van der Waals surface area contributed by atoms with E-state index in [4.69, 9.17) is 0 Å². The van der Waals surface area contributed by atoms with Gasteiger partial charge in [-0.3, -0.25) is 0 Å². The van der Waals surface area contributed by atoms with Gasteiger partial charge in [0.15, 0.2) is 0 Å². The molecule has 1 saturated carbocycles. The largest absolute Gasteiger partial charge is 0.335 e. The maximum atomic E-state index is 13.4. The van der Waals surface area contributed by atoms with Crippen LogP contribution in [-0.4, -0.2) is 43.2 Å². The molecule has 2 N–H and O–H groups in total. The molecule has 0 aromatic heterocycles. The summed E-state index contributed by atoms with van der Waals surface area (Å²) in [7, 11) is 1.87. The van der Waals surface area contributed by atoms with E-state index in [0.717, 1.165) is 63.2 Å². The van der Waals surface area contributed by atoms with Gasteiger partial charge in [-0.2, -0.15) is 0 Å². The Hall–Kier alpha value is -1.69. The number of urea groups is 1. The zero-order valence-corrected chi connectivity index (χ0v) is 14.7. The molecule has 0 unspecified atom stereocenters. The van der Waals surface area contributed by atoms with Gasteiger partial charge in [0.2, 0.25) is 0 Å². The second-order valence-electron chi connectivity index (χ2n) is 7.29. The summed E-state index contributed by atoms with van der Waals surface area (Å²) in [4.78, 5) is 14.3. The van der Waals surface area contributed by atoms with E-state index in [1.165, 1.54) is 12.1 Å². The average Bonchev–Trinajstić information content (AvgIpc) is 2.61. The molecule has 0 atom stereocenters. The normalized spacial score (nSPS) is 24.8. The predicted octanol–water partition coefficient (Wildman–Crippen LogP) is 3.38. The van der Waals surface area contributed by atoms with Gasteiger partial charge in [-0.1, -0.05) is 0 Å². The fourth-order valence-electron chi connectivity index (χ4n) is 4.02. The number of amides is 2. The molecule has 1 aromatic carbocycles. The van der Waals surface area contributed by atoms with E-state index < -0.39 is 11.6 Å². The molecular weight excluding hydrogens is 324 g/mol. The number of halogens is 2. The zero-order valence-electron chi connectivity index (χ0n) is 14.7. The zero-order chi connectivity index (χ0) is 17.8. The summed E-state index contributed by atoms with van der Waals surface area (Å²) in [6.07, 6.45) is 5.34. The molecule has 3 rings (SSSR count). The minimum absolute atomic E-state index is 0.00727. The number of hydrogen-bond acceptors (Lipinski definition) is 2. The van der Waals surface area contributed by atoms with Crippen LogP contribution in [0.1, 0.15) is 50.0 Å². The van der Waals surface area contributed by atoms with Gasteiger partial charge in [-0.05, 0) is 75.2 Å². The molecule has 2 fully saturated rings. The fourth-order valence-corrected chi connectivity index (χ4v) is 4.02. The van der Waals surface area contributed by atoms with Gasteiger partial charge in [0.25, 0.3) is 0 Å². The standard InChI is InChI=1S/C19H27F2N3O/c1-24(18-6-8-22-9-7-18)19(25)23-17-4-2-13(3-5-17)14-10-15(20)12-16(21)11-14/h10-13,17-18,22H,2-9H2,1H3,(H,23,25)/t13-,17-. The van der Waals surface area contributed by atoms with E-state index in [9.17, 15) is 13.6 Å². The minimum atomic E-state index is -0.519. The van der Waals surface area contributed by atoms with Gasteiger partial charge in [0.1, 0.15) is 11.6 Å². The monoisotopic (exact) mass is 351 g/mol. The lowest BCUT2D eigenvalue weighted by molar-refractivity contribution is 0.169. The van der Waals surface area contributed by atoms with Crippen molar-refractivity contribution in [3.05, 3.63) is 35.4 Å². The Morgan fingerprint density at radius 2 is 1.64 bits per heavy atom. The van der Waals surface area contributed by atoms with Gasteiger partial charge in [-0.15, -0.1) is 0 Å². The number of benzene rings is 1. The SMILES string of the molecule is CN(C(=O)N[C@H]1CC[C@H](c2cc(F)cc(F)c2)CC1)C1CCNCC1. The second kappa shape index (κ2) is 8.13. The van der Waals surface area contributed by atoms with Gasteiger partial charge < -0.3 is 15.5 Å². The number of carbonyl (C=O) groups is 1. The van der Waals surface area contributed by atoms with E-state index >= 15 is 0 Å². The molecule has 0 radical (unpaired) electrons. The quantitative estimate of drug-likeness (QED) is 0.877. The Kier molecular flexibility index (Phi) is 5.89. The topological polar surface area (TPSA) is 44.4 Å². The number of hydrogen-bond donors (Lipinski definition) is 2. The molecule has 0 spiro atoms. The number of piperidine rings is 1. The summed E-state index contributed by atoms with van der Waals surface area (Å²) in [5.74, 6) is -0.872. The van der Waals surface area contributed by atoms with Crippen LogP contribution >= 0.6 is 0 Å². The second-order valence-corrected chi connectivity index (χ2v) is 7.29. The van der Waals surface area contributed by atoms with Crippen molar-refractivity contribution in [2.24, 2.45) is 0 Å². The van der Waals surface area contributed by atoms with Crippen molar-refractivity contribution in [1.82, 2.24) is 15.5 Å². The van der Waals surface area contributed by atoms with Crippen LogP contribution < -0.4 is 10.6 Å². The van der Waals surface area contributed by atoms with Crippen LogP contribution in [0.2, 0.25) is 0 Å². The van der Waals surface area contributed by atoms with E-state index in [1.54, 1.807) is 0 Å². The first-order valence-electron chi connectivity index (χ1n) is 9.23. The van der Waals surface area contributed by atoms with Crippen LogP contribution in [0.5, 0.6) is 0 Å². The number of nitrogens with zero attached hydrogens (tertiary/aromatic N) is 1. The molecule has 6 heteroatoms. The van der Waals surface area contributed by atoms with Crippen molar-refractivity contribution in [2.45, 2.75) is 56.5 Å². The minimum Gasteiger partial charge on any atom is -0.335 e. The van der Waals surface area contributed by atoms with Gasteiger partial charge >= 0.3 is 6.03 Å². The summed E-state index contributed by atoms with van der Waals surface area (Å²) >= 11 is 0. The highest BCUT2D eigenvalue weighted by atomic mass is 19.1. The van der Waals surface area contributed by atoms with Crippen molar-refractivity contribution < 1.29 is 13.6 Å².